The molecule has 18 heavy (non-hydrogen) atoms. The smallest absolute Gasteiger partial charge is 0.0499 e. The van der Waals surface area contributed by atoms with Crippen LogP contribution in [0.25, 0.3) is 10.9 Å². The standard InChI is InChI=1S/C15H19ClN2/c16-14-4-3-5-15-13(14)8-11-18(15)10-2-1-9-17-12-6-7-12/h3-5,8,11-12,17H,1-2,6-7,9-10H2. The average Bonchev–Trinajstić information content (AvgIpc) is 3.10. The number of benzene rings is 1. The number of aromatic nitrogens is 1. The van der Waals surface area contributed by atoms with Crippen LogP contribution in [0, 0.1) is 0 Å². The number of halogens is 1. The fraction of sp³-hybridized carbons (Fsp3) is 0.467. The van der Waals surface area contributed by atoms with E-state index in [2.05, 4.69) is 28.2 Å². The first-order valence-corrected chi connectivity index (χ1v) is 7.19. The van der Waals surface area contributed by atoms with Gasteiger partial charge in [-0.1, -0.05) is 17.7 Å². The van der Waals surface area contributed by atoms with Gasteiger partial charge in [-0.3, -0.25) is 0 Å². The van der Waals surface area contributed by atoms with Crippen molar-refractivity contribution in [1.82, 2.24) is 9.88 Å². The molecule has 3 heteroatoms. The molecule has 96 valence electrons. The van der Waals surface area contributed by atoms with E-state index < -0.39 is 0 Å². The van der Waals surface area contributed by atoms with Crippen LogP contribution in [0.2, 0.25) is 5.02 Å². The lowest BCUT2D eigenvalue weighted by atomic mass is 10.2. The first kappa shape index (κ1) is 12.1. The molecule has 2 nitrogen and oxygen atoms in total. The topological polar surface area (TPSA) is 17.0 Å². The van der Waals surface area contributed by atoms with E-state index >= 15 is 0 Å². The Morgan fingerprint density at radius 3 is 2.94 bits per heavy atom. The number of hydrogen-bond donors (Lipinski definition) is 1. The van der Waals surface area contributed by atoms with E-state index in [0.717, 1.165) is 29.5 Å². The van der Waals surface area contributed by atoms with Gasteiger partial charge in [0.25, 0.3) is 0 Å². The van der Waals surface area contributed by atoms with Crippen LogP contribution in [0.3, 0.4) is 0 Å². The molecule has 1 aromatic carbocycles. The van der Waals surface area contributed by atoms with Crippen LogP contribution in [-0.2, 0) is 6.54 Å². The average molecular weight is 263 g/mol. The second kappa shape index (κ2) is 5.33. The molecule has 0 saturated heterocycles. The summed E-state index contributed by atoms with van der Waals surface area (Å²) in [5, 5.41) is 5.56. The van der Waals surface area contributed by atoms with E-state index in [4.69, 9.17) is 11.6 Å². The van der Waals surface area contributed by atoms with Crippen molar-refractivity contribution in [2.75, 3.05) is 6.54 Å². The normalized spacial score (nSPS) is 15.4. The lowest BCUT2D eigenvalue weighted by Crippen LogP contribution is -2.17. The number of aryl methyl sites for hydroxylation is 1. The van der Waals surface area contributed by atoms with Gasteiger partial charge in [-0.15, -0.1) is 0 Å². The van der Waals surface area contributed by atoms with Crippen molar-refractivity contribution in [3.05, 3.63) is 35.5 Å². The van der Waals surface area contributed by atoms with E-state index in [1.807, 2.05) is 12.1 Å². The van der Waals surface area contributed by atoms with E-state index in [1.54, 1.807) is 0 Å². The molecule has 1 saturated carbocycles. The number of nitrogens with one attached hydrogen (secondary N) is 1. The maximum absolute atomic E-state index is 6.17. The summed E-state index contributed by atoms with van der Waals surface area (Å²) in [6.07, 6.45) is 7.36. The molecule has 3 rings (SSSR count). The maximum atomic E-state index is 6.17. The lowest BCUT2D eigenvalue weighted by molar-refractivity contribution is 0.575. The Morgan fingerprint density at radius 1 is 1.22 bits per heavy atom. The quantitative estimate of drug-likeness (QED) is 0.783. The summed E-state index contributed by atoms with van der Waals surface area (Å²) in [6, 6.07) is 9.06. The van der Waals surface area contributed by atoms with Crippen LogP contribution in [0.4, 0.5) is 0 Å². The predicted molar refractivity (Wildman–Crippen MR) is 77.2 cm³/mol. The third kappa shape index (κ3) is 2.70. The van der Waals surface area contributed by atoms with E-state index in [1.165, 1.54) is 31.2 Å². The number of unbranched alkanes of at least 4 members (excludes halogenated alkanes) is 1. The fourth-order valence-corrected chi connectivity index (χ4v) is 2.61. The molecule has 0 amide bonds. The van der Waals surface area contributed by atoms with Gasteiger partial charge in [0.1, 0.15) is 0 Å². The summed E-state index contributed by atoms with van der Waals surface area (Å²) in [5.41, 5.74) is 1.25. The highest BCUT2D eigenvalue weighted by Crippen LogP contribution is 2.24. The molecule has 0 atom stereocenters. The molecule has 1 aliphatic rings. The molecule has 0 spiro atoms. The second-order valence-corrected chi connectivity index (χ2v) is 5.52. The highest BCUT2D eigenvalue weighted by atomic mass is 35.5. The largest absolute Gasteiger partial charge is 0.347 e. The Morgan fingerprint density at radius 2 is 2.11 bits per heavy atom. The third-order valence-electron chi connectivity index (χ3n) is 3.60. The van der Waals surface area contributed by atoms with E-state index in [0.29, 0.717) is 0 Å². The van der Waals surface area contributed by atoms with Crippen LogP contribution in [0.15, 0.2) is 30.5 Å². The molecule has 1 N–H and O–H groups in total. The van der Waals surface area contributed by atoms with Crippen molar-refractivity contribution in [2.45, 2.75) is 38.3 Å². The Balaban J connectivity index is 1.55. The summed E-state index contributed by atoms with van der Waals surface area (Å²) < 4.78 is 2.30. The Labute approximate surface area is 113 Å². The minimum absolute atomic E-state index is 0.830. The Hall–Kier alpha value is -0.990. The minimum Gasteiger partial charge on any atom is -0.347 e. The van der Waals surface area contributed by atoms with Crippen LogP contribution >= 0.6 is 11.6 Å². The Kier molecular flexibility index (Phi) is 3.57. The summed E-state index contributed by atoms with van der Waals surface area (Å²) in [4.78, 5) is 0. The van der Waals surface area contributed by atoms with Gasteiger partial charge < -0.3 is 9.88 Å². The SMILES string of the molecule is Clc1cccc2c1ccn2CCCCNC1CC1. The van der Waals surface area contributed by atoms with Crippen molar-refractivity contribution >= 4 is 22.5 Å². The van der Waals surface area contributed by atoms with Crippen molar-refractivity contribution < 1.29 is 0 Å². The highest BCUT2D eigenvalue weighted by Gasteiger charge is 2.19. The summed E-state index contributed by atoms with van der Waals surface area (Å²) in [7, 11) is 0. The van der Waals surface area contributed by atoms with Crippen molar-refractivity contribution in [3.8, 4) is 0 Å². The van der Waals surface area contributed by atoms with Crippen molar-refractivity contribution in [2.24, 2.45) is 0 Å². The van der Waals surface area contributed by atoms with E-state index in [-0.39, 0.29) is 0 Å². The first-order chi connectivity index (χ1) is 8.84. The van der Waals surface area contributed by atoms with Gasteiger partial charge in [0, 0.05) is 34.7 Å². The number of hydrogen-bond acceptors (Lipinski definition) is 1. The minimum atomic E-state index is 0.830. The van der Waals surface area contributed by atoms with Crippen LogP contribution in [0.1, 0.15) is 25.7 Å². The van der Waals surface area contributed by atoms with Crippen LogP contribution < -0.4 is 5.32 Å². The fourth-order valence-electron chi connectivity index (χ4n) is 2.38. The monoisotopic (exact) mass is 262 g/mol. The number of nitrogens with zero attached hydrogens (tertiary/aromatic N) is 1. The zero-order valence-electron chi connectivity index (χ0n) is 10.5. The summed E-state index contributed by atoms with van der Waals surface area (Å²) in [6.45, 7) is 2.24. The number of rotatable bonds is 6. The molecule has 0 aliphatic heterocycles. The summed E-state index contributed by atoms with van der Waals surface area (Å²) >= 11 is 6.17. The van der Waals surface area contributed by atoms with Crippen LogP contribution in [-0.4, -0.2) is 17.2 Å². The highest BCUT2D eigenvalue weighted by molar-refractivity contribution is 6.35. The van der Waals surface area contributed by atoms with Gasteiger partial charge >= 0.3 is 0 Å². The molecular formula is C15H19ClN2. The molecular weight excluding hydrogens is 244 g/mol. The zero-order chi connectivity index (χ0) is 12.4. The second-order valence-electron chi connectivity index (χ2n) is 5.12. The van der Waals surface area contributed by atoms with Gasteiger partial charge in [0.15, 0.2) is 0 Å². The molecule has 0 radical (unpaired) electrons. The molecule has 1 heterocycles. The summed E-state index contributed by atoms with van der Waals surface area (Å²) in [5.74, 6) is 0. The lowest BCUT2D eigenvalue weighted by Gasteiger charge is -2.06. The molecule has 1 aromatic heterocycles. The molecule has 2 aromatic rings. The van der Waals surface area contributed by atoms with Gasteiger partial charge in [-0.25, -0.2) is 0 Å². The van der Waals surface area contributed by atoms with Crippen molar-refractivity contribution in [1.29, 1.82) is 0 Å². The molecule has 1 fully saturated rings. The Bertz CT molecular complexity index is 528. The van der Waals surface area contributed by atoms with Crippen LogP contribution in [0.5, 0.6) is 0 Å². The number of fused-ring (bicyclic) bond motifs is 1. The van der Waals surface area contributed by atoms with Gasteiger partial charge in [0.05, 0.1) is 0 Å². The first-order valence-electron chi connectivity index (χ1n) is 6.81. The molecule has 1 aliphatic carbocycles. The zero-order valence-corrected chi connectivity index (χ0v) is 11.3. The third-order valence-corrected chi connectivity index (χ3v) is 3.93. The maximum Gasteiger partial charge on any atom is 0.0499 e. The van der Waals surface area contributed by atoms with E-state index in [9.17, 15) is 0 Å². The van der Waals surface area contributed by atoms with Crippen molar-refractivity contribution in [3.63, 3.8) is 0 Å². The van der Waals surface area contributed by atoms with Gasteiger partial charge in [-0.05, 0) is 50.4 Å². The molecule has 0 unspecified atom stereocenters. The predicted octanol–water partition coefficient (Wildman–Crippen LogP) is 3.83. The molecule has 0 bridgehead atoms. The van der Waals surface area contributed by atoms with Gasteiger partial charge in [0.2, 0.25) is 0 Å². The van der Waals surface area contributed by atoms with Gasteiger partial charge in [-0.2, -0.15) is 0 Å².